The number of imidazole rings is 1. The lowest BCUT2D eigenvalue weighted by molar-refractivity contribution is -0.0349. The molecule has 3 heterocycles. The summed E-state index contributed by atoms with van der Waals surface area (Å²) in [7, 11) is 0. The number of nitrogens with one attached hydrogen (secondary N) is 2. The van der Waals surface area contributed by atoms with Crippen molar-refractivity contribution in [3.8, 4) is 34.3 Å². The monoisotopic (exact) mass is 687 g/mol. The molecule has 3 aromatic rings. The number of fused-ring (bicyclic) bond motifs is 2. The van der Waals surface area contributed by atoms with Crippen LogP contribution in [0.25, 0.3) is 17.0 Å². The van der Waals surface area contributed by atoms with Crippen LogP contribution in [-0.4, -0.2) is 75.5 Å². The lowest BCUT2D eigenvalue weighted by atomic mass is 10.1. The number of carbonyl (C=O) groups is 2. The fraction of sp³-hybridized carbons (Fsp3) is 0.447. The first-order valence-electron chi connectivity index (χ1n) is 16.9. The molecule has 1 aromatic heterocycles. The van der Waals surface area contributed by atoms with Crippen LogP contribution in [0, 0.1) is 0 Å². The van der Waals surface area contributed by atoms with Gasteiger partial charge in [0.15, 0.2) is 23.0 Å². The maximum atomic E-state index is 12.9. The van der Waals surface area contributed by atoms with E-state index in [0.717, 1.165) is 23.2 Å². The predicted octanol–water partition coefficient (Wildman–Crippen LogP) is 8.39. The molecule has 1 fully saturated rings. The number of hydrogen-bond donors (Lipinski definition) is 2. The molecule has 2 atom stereocenters. The van der Waals surface area contributed by atoms with Gasteiger partial charge in [-0.2, -0.15) is 0 Å². The third kappa shape index (κ3) is 8.60. The predicted molar refractivity (Wildman–Crippen MR) is 191 cm³/mol. The zero-order valence-electron chi connectivity index (χ0n) is 30.3. The van der Waals surface area contributed by atoms with Gasteiger partial charge < -0.3 is 34.0 Å². The number of nitrogens with zero attached hydrogens (tertiary/aromatic N) is 3. The molecular formula is C38H49N5O7. The zero-order chi connectivity index (χ0) is 36.4. The van der Waals surface area contributed by atoms with E-state index in [1.807, 2.05) is 91.8 Å². The molecule has 0 radical (unpaired) electrons. The third-order valence-corrected chi connectivity index (χ3v) is 8.03. The average molecular weight is 688 g/mol. The van der Waals surface area contributed by atoms with Crippen LogP contribution < -0.4 is 14.8 Å². The lowest BCUT2D eigenvalue weighted by Crippen LogP contribution is -2.46. The highest BCUT2D eigenvalue weighted by atomic mass is 16.6. The van der Waals surface area contributed by atoms with E-state index in [-0.39, 0.29) is 6.04 Å². The van der Waals surface area contributed by atoms with Crippen molar-refractivity contribution >= 4 is 17.9 Å². The smallest absolute Gasteiger partial charge is 0.411 e. The summed E-state index contributed by atoms with van der Waals surface area (Å²) in [6.45, 7) is 25.1. The molecule has 5 rings (SSSR count). The number of H-pyrrole nitrogens is 1. The topological polar surface area (TPSA) is 127 Å². The summed E-state index contributed by atoms with van der Waals surface area (Å²) in [5.41, 5.74) is 2.35. The molecule has 2 aromatic carbocycles. The minimum Gasteiger partial charge on any atom is -0.449 e. The van der Waals surface area contributed by atoms with Gasteiger partial charge >= 0.3 is 12.2 Å². The lowest BCUT2D eigenvalue weighted by Gasteiger charge is -2.35. The number of rotatable bonds is 9. The molecule has 12 nitrogen and oxygen atoms in total. The van der Waals surface area contributed by atoms with Gasteiger partial charge in [0.1, 0.15) is 23.1 Å². The first kappa shape index (κ1) is 36.3. The maximum absolute atomic E-state index is 12.9. The van der Waals surface area contributed by atoms with E-state index in [4.69, 9.17) is 23.7 Å². The Balaban J connectivity index is 1.26. The molecular weight excluding hydrogens is 638 g/mol. The Kier molecular flexibility index (Phi) is 10.5. The minimum atomic E-state index is -0.612. The van der Waals surface area contributed by atoms with E-state index < -0.39 is 29.4 Å². The number of hydrogen-bond acceptors (Lipinski definition) is 9. The van der Waals surface area contributed by atoms with Crippen LogP contribution in [0.5, 0.6) is 23.0 Å². The summed E-state index contributed by atoms with van der Waals surface area (Å²) in [5.74, 6) is 2.79. The Labute approximate surface area is 294 Å². The van der Waals surface area contributed by atoms with Crippen LogP contribution in [0.2, 0.25) is 0 Å². The van der Waals surface area contributed by atoms with E-state index in [1.165, 1.54) is 0 Å². The molecule has 2 N–H and O–H groups in total. The standard InChI is InChI=1S/C38H49N5O7/c1-11-16-42(35(44)49-37(5,6)7)25(4)23(2)40-24(3)26-12-14-30-32(19-26)47-31-15-13-27(20-33(31)48-30)28-21-39-34(41-28)29-22-46-18-17-43(29)36(45)50-38(8,9)10/h12-15,19-21,25,29,40H,2-3,11,16-18,22H2,1,4-10H3,(H,39,41)/t25-,29-/m0/s1. The second-order valence-electron chi connectivity index (χ2n) is 14.5. The van der Waals surface area contributed by atoms with Gasteiger partial charge in [-0.15, -0.1) is 0 Å². The highest BCUT2D eigenvalue weighted by molar-refractivity contribution is 5.72. The number of ether oxygens (including phenoxy) is 5. The SMILES string of the molecule is C=C(NC(=C)[C@H](C)N(CCC)C(=O)OC(C)(C)C)c1ccc2c(c1)Oc1ccc(-c3cnc([C@@H]4COCCN4C(=O)OC(C)(C)C)[nH]3)cc1O2. The van der Waals surface area contributed by atoms with Crippen LogP contribution in [0.3, 0.4) is 0 Å². The molecule has 0 unspecified atom stereocenters. The van der Waals surface area contributed by atoms with E-state index in [9.17, 15) is 9.59 Å². The van der Waals surface area contributed by atoms with Gasteiger partial charge in [-0.05, 0) is 91.3 Å². The number of benzene rings is 2. The third-order valence-electron chi connectivity index (χ3n) is 8.03. The quantitative estimate of drug-likeness (QED) is 0.178. The Bertz CT molecular complexity index is 1750. The van der Waals surface area contributed by atoms with Crippen molar-refractivity contribution in [2.75, 3.05) is 26.3 Å². The van der Waals surface area contributed by atoms with Crippen LogP contribution >= 0.6 is 0 Å². The summed E-state index contributed by atoms with van der Waals surface area (Å²) < 4.78 is 29.5. The van der Waals surface area contributed by atoms with Crippen molar-refractivity contribution in [2.45, 2.75) is 85.1 Å². The Morgan fingerprint density at radius 2 is 1.68 bits per heavy atom. The van der Waals surface area contributed by atoms with Crippen molar-refractivity contribution in [1.82, 2.24) is 25.1 Å². The van der Waals surface area contributed by atoms with Crippen molar-refractivity contribution < 1.29 is 33.3 Å². The van der Waals surface area contributed by atoms with Gasteiger partial charge in [0.05, 0.1) is 31.1 Å². The molecule has 0 spiro atoms. The Morgan fingerprint density at radius 1 is 1.02 bits per heavy atom. The summed E-state index contributed by atoms with van der Waals surface area (Å²) >= 11 is 0. The van der Waals surface area contributed by atoms with E-state index in [0.29, 0.717) is 66.5 Å². The second kappa shape index (κ2) is 14.5. The number of amides is 2. The zero-order valence-corrected chi connectivity index (χ0v) is 30.3. The van der Waals surface area contributed by atoms with E-state index >= 15 is 0 Å². The van der Waals surface area contributed by atoms with Crippen LogP contribution in [0.15, 0.2) is 61.4 Å². The number of aromatic nitrogens is 2. The van der Waals surface area contributed by atoms with Gasteiger partial charge in [0, 0.05) is 35.6 Å². The molecule has 1 saturated heterocycles. The molecule has 0 aliphatic carbocycles. The second-order valence-corrected chi connectivity index (χ2v) is 14.5. The van der Waals surface area contributed by atoms with Gasteiger partial charge in [0.25, 0.3) is 0 Å². The minimum absolute atomic E-state index is 0.310. The Morgan fingerprint density at radius 3 is 2.34 bits per heavy atom. The normalized spacial score (nSPS) is 16.2. The molecule has 0 bridgehead atoms. The van der Waals surface area contributed by atoms with Crippen molar-refractivity contribution in [3.63, 3.8) is 0 Å². The number of carbonyl (C=O) groups excluding carboxylic acids is 2. The molecule has 2 amide bonds. The summed E-state index contributed by atoms with van der Waals surface area (Å²) in [4.78, 5) is 37.1. The molecule has 50 heavy (non-hydrogen) atoms. The average Bonchev–Trinajstić information content (AvgIpc) is 3.54. The highest BCUT2D eigenvalue weighted by Crippen LogP contribution is 2.47. The van der Waals surface area contributed by atoms with E-state index in [2.05, 4.69) is 28.4 Å². The molecule has 2 aliphatic rings. The van der Waals surface area contributed by atoms with E-state index in [1.54, 1.807) is 16.0 Å². The van der Waals surface area contributed by atoms with Crippen LogP contribution in [0.1, 0.15) is 79.2 Å². The summed E-state index contributed by atoms with van der Waals surface area (Å²) in [6.07, 6.45) is 1.71. The molecule has 12 heteroatoms. The Hall–Kier alpha value is -4.97. The molecule has 2 aliphatic heterocycles. The first-order chi connectivity index (χ1) is 23.5. The highest BCUT2D eigenvalue weighted by Gasteiger charge is 2.34. The largest absolute Gasteiger partial charge is 0.449 e. The molecule has 0 saturated carbocycles. The van der Waals surface area contributed by atoms with Gasteiger partial charge in [-0.1, -0.05) is 20.1 Å². The number of morpholine rings is 1. The van der Waals surface area contributed by atoms with Gasteiger partial charge in [-0.3, -0.25) is 9.80 Å². The molecule has 268 valence electrons. The summed E-state index contributed by atoms with van der Waals surface area (Å²) in [5, 5.41) is 3.27. The first-order valence-corrected chi connectivity index (χ1v) is 16.9. The fourth-order valence-electron chi connectivity index (χ4n) is 5.52. The summed E-state index contributed by atoms with van der Waals surface area (Å²) in [6, 6.07) is 10.4. The van der Waals surface area contributed by atoms with Gasteiger partial charge in [0.2, 0.25) is 0 Å². The number of aromatic amines is 1. The van der Waals surface area contributed by atoms with Crippen molar-refractivity contribution in [1.29, 1.82) is 0 Å². The van der Waals surface area contributed by atoms with Gasteiger partial charge in [-0.25, -0.2) is 14.6 Å². The van der Waals surface area contributed by atoms with Crippen LogP contribution in [-0.2, 0) is 14.2 Å². The maximum Gasteiger partial charge on any atom is 0.411 e. The van der Waals surface area contributed by atoms with Crippen molar-refractivity contribution in [3.05, 3.63) is 72.8 Å². The van der Waals surface area contributed by atoms with Crippen LogP contribution in [0.4, 0.5) is 9.59 Å². The van der Waals surface area contributed by atoms with Crippen molar-refractivity contribution in [2.24, 2.45) is 0 Å². The fourth-order valence-corrected chi connectivity index (χ4v) is 5.52.